The lowest BCUT2D eigenvalue weighted by molar-refractivity contribution is 0.0951. The van der Waals surface area contributed by atoms with E-state index in [-0.39, 0.29) is 28.4 Å². The van der Waals surface area contributed by atoms with Crippen LogP contribution < -0.4 is 14.8 Å². The quantitative estimate of drug-likeness (QED) is 0.599. The average molecular weight is 427 g/mol. The van der Waals surface area contributed by atoms with Gasteiger partial charge in [-0.25, -0.2) is 17.8 Å². The van der Waals surface area contributed by atoms with Crippen LogP contribution in [0.1, 0.15) is 23.2 Å². The Morgan fingerprint density at radius 3 is 2.30 bits per heavy atom. The number of nitrogens with one attached hydrogen (secondary N) is 2. The second kappa shape index (κ2) is 8.11. The number of hydrogen-bond acceptors (Lipinski definition) is 5. The zero-order valence-corrected chi connectivity index (χ0v) is 16.5. The Balaban J connectivity index is 1.38. The number of amides is 1. The lowest BCUT2D eigenvalue weighted by atomic mass is 10.2. The summed E-state index contributed by atoms with van der Waals surface area (Å²) in [4.78, 5) is 16.0. The lowest BCUT2D eigenvalue weighted by Gasteiger charge is -2.09. The minimum Gasteiger partial charge on any atom is -0.439 e. The maximum absolute atomic E-state index is 13.0. The van der Waals surface area contributed by atoms with Crippen LogP contribution in [0.4, 0.5) is 10.1 Å². The smallest absolute Gasteiger partial charge is 0.261 e. The molecular formula is C21H18FN3O4S. The number of anilines is 1. The van der Waals surface area contributed by atoms with Crippen molar-refractivity contribution in [1.82, 2.24) is 10.3 Å². The van der Waals surface area contributed by atoms with Gasteiger partial charge in [0.25, 0.3) is 15.9 Å². The first-order chi connectivity index (χ1) is 14.4. The largest absolute Gasteiger partial charge is 0.439 e. The van der Waals surface area contributed by atoms with Gasteiger partial charge in [0, 0.05) is 17.7 Å². The number of aromatic nitrogens is 1. The minimum atomic E-state index is -3.85. The number of nitrogens with zero attached hydrogens (tertiary/aromatic N) is 1. The van der Waals surface area contributed by atoms with E-state index < -0.39 is 15.8 Å². The van der Waals surface area contributed by atoms with Crippen LogP contribution in [0.25, 0.3) is 0 Å². The van der Waals surface area contributed by atoms with E-state index >= 15 is 0 Å². The highest BCUT2D eigenvalue weighted by atomic mass is 32.2. The molecule has 9 heteroatoms. The van der Waals surface area contributed by atoms with Crippen LogP contribution in [0.3, 0.4) is 0 Å². The van der Waals surface area contributed by atoms with Crippen LogP contribution in [0.2, 0.25) is 0 Å². The molecule has 0 radical (unpaired) electrons. The number of carbonyl (C=O) groups excluding carboxylic acids is 1. The van der Waals surface area contributed by atoms with E-state index in [1.165, 1.54) is 30.5 Å². The van der Waals surface area contributed by atoms with Gasteiger partial charge >= 0.3 is 0 Å². The Morgan fingerprint density at radius 2 is 1.70 bits per heavy atom. The summed E-state index contributed by atoms with van der Waals surface area (Å²) < 4.78 is 45.6. The van der Waals surface area contributed by atoms with Gasteiger partial charge in [-0.05, 0) is 67.4 Å². The van der Waals surface area contributed by atoms with Gasteiger partial charge < -0.3 is 10.1 Å². The van der Waals surface area contributed by atoms with Gasteiger partial charge in [-0.1, -0.05) is 0 Å². The first-order valence-corrected chi connectivity index (χ1v) is 10.7. The van der Waals surface area contributed by atoms with Crippen molar-refractivity contribution in [3.8, 4) is 11.6 Å². The number of ether oxygens (including phenoxy) is 1. The van der Waals surface area contributed by atoms with E-state index in [2.05, 4.69) is 15.0 Å². The zero-order chi connectivity index (χ0) is 21.1. The molecule has 0 unspecified atom stereocenters. The monoisotopic (exact) mass is 427 g/mol. The van der Waals surface area contributed by atoms with Gasteiger partial charge in [0.05, 0.1) is 16.8 Å². The van der Waals surface area contributed by atoms with Crippen LogP contribution in [0.15, 0.2) is 71.8 Å². The molecule has 1 aliphatic rings. The van der Waals surface area contributed by atoms with Crippen molar-refractivity contribution in [1.29, 1.82) is 0 Å². The maximum atomic E-state index is 13.0. The standard InChI is InChI=1S/C21H18FN3O4S/c22-15-3-10-19(11-4-15)30(27,28)25-17-7-12-20(23-13-17)29-18-8-1-14(2-9-18)21(26)24-16-5-6-16/h1-4,7-13,16,25H,5-6H2,(H,24,26). The first kappa shape index (κ1) is 19.8. The van der Waals surface area contributed by atoms with Crippen molar-refractivity contribution in [3.05, 3.63) is 78.2 Å². The van der Waals surface area contributed by atoms with Gasteiger partial charge in [-0.15, -0.1) is 0 Å². The van der Waals surface area contributed by atoms with E-state index in [0.717, 1.165) is 25.0 Å². The second-order valence-corrected chi connectivity index (χ2v) is 8.50. The SMILES string of the molecule is O=C(NC1CC1)c1ccc(Oc2ccc(NS(=O)(=O)c3ccc(F)cc3)cn2)cc1. The summed E-state index contributed by atoms with van der Waals surface area (Å²) in [6.07, 6.45) is 3.36. The molecule has 30 heavy (non-hydrogen) atoms. The molecule has 3 aromatic rings. The van der Waals surface area contributed by atoms with Crippen LogP contribution >= 0.6 is 0 Å². The third-order valence-electron chi connectivity index (χ3n) is 4.36. The van der Waals surface area contributed by atoms with Gasteiger partial charge in [0.2, 0.25) is 5.88 Å². The summed E-state index contributed by atoms with van der Waals surface area (Å²) in [5.74, 6) is 0.119. The molecule has 1 saturated carbocycles. The molecule has 0 spiro atoms. The van der Waals surface area contributed by atoms with E-state index in [9.17, 15) is 17.6 Å². The van der Waals surface area contributed by atoms with Crippen molar-refractivity contribution in [2.24, 2.45) is 0 Å². The van der Waals surface area contributed by atoms with Crippen molar-refractivity contribution in [3.63, 3.8) is 0 Å². The third kappa shape index (κ3) is 4.93. The number of benzene rings is 2. The molecular weight excluding hydrogens is 409 g/mol. The van der Waals surface area contributed by atoms with E-state index in [1.807, 2.05) is 0 Å². The van der Waals surface area contributed by atoms with Crippen LogP contribution in [-0.4, -0.2) is 25.4 Å². The molecule has 1 heterocycles. The Hall–Kier alpha value is -3.46. The predicted molar refractivity (Wildman–Crippen MR) is 108 cm³/mol. The molecule has 0 atom stereocenters. The molecule has 1 fully saturated rings. The summed E-state index contributed by atoms with van der Waals surface area (Å²) in [5, 5.41) is 2.91. The van der Waals surface area contributed by atoms with Crippen LogP contribution in [-0.2, 0) is 10.0 Å². The Labute approximate surface area is 173 Å². The molecule has 2 N–H and O–H groups in total. The fourth-order valence-corrected chi connectivity index (χ4v) is 3.66. The number of sulfonamides is 1. The third-order valence-corrected chi connectivity index (χ3v) is 5.76. The van der Waals surface area contributed by atoms with Gasteiger partial charge in [-0.3, -0.25) is 9.52 Å². The molecule has 0 saturated heterocycles. The fourth-order valence-electron chi connectivity index (χ4n) is 2.62. The average Bonchev–Trinajstić information content (AvgIpc) is 3.54. The first-order valence-electron chi connectivity index (χ1n) is 9.22. The Bertz CT molecular complexity index is 1140. The molecule has 1 aliphatic carbocycles. The molecule has 7 nitrogen and oxygen atoms in total. The highest BCUT2D eigenvalue weighted by Gasteiger charge is 2.23. The van der Waals surface area contributed by atoms with Gasteiger partial charge in [0.1, 0.15) is 11.6 Å². The Morgan fingerprint density at radius 1 is 1.00 bits per heavy atom. The van der Waals surface area contributed by atoms with E-state index in [4.69, 9.17) is 4.74 Å². The van der Waals surface area contributed by atoms with Crippen molar-refractivity contribution in [2.45, 2.75) is 23.8 Å². The molecule has 0 aliphatic heterocycles. The highest BCUT2D eigenvalue weighted by Crippen LogP contribution is 2.23. The van der Waals surface area contributed by atoms with Crippen LogP contribution in [0.5, 0.6) is 11.6 Å². The highest BCUT2D eigenvalue weighted by molar-refractivity contribution is 7.92. The minimum absolute atomic E-state index is 0.0601. The second-order valence-electron chi connectivity index (χ2n) is 6.82. The van der Waals surface area contributed by atoms with Crippen LogP contribution in [0, 0.1) is 5.82 Å². The number of hydrogen-bond donors (Lipinski definition) is 2. The molecule has 4 rings (SSSR count). The normalized spacial score (nSPS) is 13.5. The van der Waals surface area contributed by atoms with Gasteiger partial charge in [0.15, 0.2) is 0 Å². The molecule has 154 valence electrons. The fraction of sp³-hybridized carbons (Fsp3) is 0.143. The molecule has 1 aromatic heterocycles. The van der Waals surface area contributed by atoms with Crippen molar-refractivity contribution in [2.75, 3.05) is 4.72 Å². The predicted octanol–water partition coefficient (Wildman–Crippen LogP) is 3.71. The number of halogens is 1. The van der Waals surface area contributed by atoms with E-state index in [1.54, 1.807) is 24.3 Å². The number of carbonyl (C=O) groups is 1. The summed E-state index contributed by atoms with van der Waals surface area (Å²) >= 11 is 0. The van der Waals surface area contributed by atoms with E-state index in [0.29, 0.717) is 11.3 Å². The number of rotatable bonds is 7. The molecule has 1 amide bonds. The summed E-state index contributed by atoms with van der Waals surface area (Å²) in [5.41, 5.74) is 0.784. The van der Waals surface area contributed by atoms with Crippen molar-refractivity contribution < 1.29 is 22.3 Å². The lowest BCUT2D eigenvalue weighted by Crippen LogP contribution is -2.25. The van der Waals surface area contributed by atoms with Crippen molar-refractivity contribution >= 4 is 21.6 Å². The summed E-state index contributed by atoms with van der Waals surface area (Å²) in [6.45, 7) is 0. The topological polar surface area (TPSA) is 97.4 Å². The maximum Gasteiger partial charge on any atom is 0.261 e. The molecule has 2 aromatic carbocycles. The number of pyridine rings is 1. The zero-order valence-electron chi connectivity index (χ0n) is 15.7. The molecule has 0 bridgehead atoms. The van der Waals surface area contributed by atoms with Gasteiger partial charge in [-0.2, -0.15) is 0 Å². The summed E-state index contributed by atoms with van der Waals surface area (Å²) in [6, 6.07) is 14.5. The Kier molecular flexibility index (Phi) is 5.37. The summed E-state index contributed by atoms with van der Waals surface area (Å²) in [7, 11) is -3.85.